The molecule has 2 aliphatic heterocycles. The van der Waals surface area contributed by atoms with E-state index in [2.05, 4.69) is 20.3 Å². The summed E-state index contributed by atoms with van der Waals surface area (Å²) in [5.74, 6) is -3.61. The van der Waals surface area contributed by atoms with E-state index in [9.17, 15) is 26.8 Å². The van der Waals surface area contributed by atoms with Crippen LogP contribution in [0.25, 0.3) is 0 Å². The van der Waals surface area contributed by atoms with Crippen LogP contribution in [0, 0.1) is 5.41 Å². The van der Waals surface area contributed by atoms with E-state index in [1.54, 1.807) is 51.1 Å². The second-order valence-corrected chi connectivity index (χ2v) is 15.7. The minimum Gasteiger partial charge on any atom is -0.444 e. The maximum Gasteiger partial charge on any atom is 0.407 e. The van der Waals surface area contributed by atoms with E-state index in [1.807, 2.05) is 4.90 Å². The standard InChI is InChI=1S/C33H45F2N5O6S/c1-31(2,3)46-30(43)36-22-23-4-5-24(20-27(23)39-16-12-33(34,35)13-17-39)37-29(42)26-7-6-25(38-47(44,45)19-18-41)21-28(26)40-14-10-32(8-9-32)11-15-40/h4-7,20-21,38,41H,8-19,22H2,1-3H3,(H,36,43)(H,37,42). The first-order chi connectivity index (χ1) is 22.1. The molecule has 3 aliphatic rings. The number of hydrogen-bond donors (Lipinski definition) is 4. The van der Waals surface area contributed by atoms with E-state index >= 15 is 0 Å². The van der Waals surface area contributed by atoms with Gasteiger partial charge in [0.25, 0.3) is 11.8 Å². The third kappa shape index (κ3) is 9.25. The lowest BCUT2D eigenvalue weighted by Crippen LogP contribution is -2.40. The lowest BCUT2D eigenvalue weighted by molar-refractivity contribution is -0.0220. The van der Waals surface area contributed by atoms with Crippen molar-refractivity contribution in [3.63, 3.8) is 0 Å². The molecule has 2 aromatic rings. The topological polar surface area (TPSA) is 140 Å². The van der Waals surface area contributed by atoms with Crippen LogP contribution in [0.5, 0.6) is 0 Å². The Balaban J connectivity index is 1.39. The minimum absolute atomic E-state index is 0.0968. The third-order valence-electron chi connectivity index (χ3n) is 9.00. The number of benzene rings is 2. The van der Waals surface area contributed by atoms with E-state index in [0.29, 0.717) is 39.3 Å². The highest BCUT2D eigenvalue weighted by molar-refractivity contribution is 7.92. The molecule has 0 bridgehead atoms. The van der Waals surface area contributed by atoms with E-state index in [1.165, 1.54) is 18.9 Å². The highest BCUT2D eigenvalue weighted by Crippen LogP contribution is 2.54. The molecule has 4 N–H and O–H groups in total. The molecule has 47 heavy (non-hydrogen) atoms. The third-order valence-corrected chi connectivity index (χ3v) is 10.3. The van der Waals surface area contributed by atoms with Gasteiger partial charge in [-0.2, -0.15) is 0 Å². The number of carbonyl (C=O) groups is 2. The summed E-state index contributed by atoms with van der Waals surface area (Å²) in [6, 6.07) is 9.91. The Labute approximate surface area is 275 Å². The SMILES string of the molecule is CC(C)(C)OC(=O)NCc1ccc(NC(=O)c2ccc(NS(=O)(=O)CCO)cc2N2CCC3(CC2)CC3)cc1N1CCC(F)(F)CC1. The number of ether oxygens (including phenoxy) is 1. The highest BCUT2D eigenvalue weighted by atomic mass is 32.2. The number of sulfonamides is 1. The van der Waals surface area contributed by atoms with Crippen LogP contribution in [-0.2, 0) is 21.3 Å². The summed E-state index contributed by atoms with van der Waals surface area (Å²) in [7, 11) is -3.77. The second kappa shape index (κ2) is 13.5. The number of anilines is 4. The van der Waals surface area contributed by atoms with Crippen molar-refractivity contribution in [2.45, 2.75) is 77.4 Å². The number of nitrogens with one attached hydrogen (secondary N) is 3. The zero-order valence-corrected chi connectivity index (χ0v) is 28.0. The summed E-state index contributed by atoms with van der Waals surface area (Å²) in [6.07, 6.45) is 3.17. The number of aliphatic hydroxyl groups excluding tert-OH is 1. The van der Waals surface area contributed by atoms with Crippen LogP contribution in [0.4, 0.5) is 36.3 Å². The van der Waals surface area contributed by atoms with Crippen molar-refractivity contribution in [3.05, 3.63) is 47.5 Å². The van der Waals surface area contributed by atoms with Crippen molar-refractivity contribution in [3.8, 4) is 0 Å². The van der Waals surface area contributed by atoms with Gasteiger partial charge in [0.2, 0.25) is 10.0 Å². The maximum absolute atomic E-state index is 14.0. The predicted molar refractivity (Wildman–Crippen MR) is 178 cm³/mol. The molecular weight excluding hydrogens is 632 g/mol. The number of alkyl carbamates (subject to hydrolysis) is 1. The molecule has 1 saturated carbocycles. The molecule has 1 aliphatic carbocycles. The molecule has 2 heterocycles. The number of aliphatic hydroxyl groups is 1. The van der Waals surface area contributed by atoms with Gasteiger partial charge in [0.1, 0.15) is 5.60 Å². The van der Waals surface area contributed by atoms with Crippen molar-refractivity contribution in [1.29, 1.82) is 0 Å². The number of amides is 2. The number of rotatable bonds is 10. The molecule has 14 heteroatoms. The molecule has 2 aromatic carbocycles. The van der Waals surface area contributed by atoms with Gasteiger partial charge in [-0.25, -0.2) is 22.0 Å². The zero-order chi connectivity index (χ0) is 34.0. The first kappa shape index (κ1) is 34.7. The Morgan fingerprint density at radius 3 is 2.11 bits per heavy atom. The number of nitrogens with zero attached hydrogens (tertiary/aromatic N) is 2. The molecule has 5 rings (SSSR count). The summed E-state index contributed by atoms with van der Waals surface area (Å²) in [5, 5.41) is 14.8. The van der Waals surface area contributed by atoms with E-state index in [0.717, 1.165) is 25.9 Å². The lowest BCUT2D eigenvalue weighted by Gasteiger charge is -2.35. The van der Waals surface area contributed by atoms with Crippen LogP contribution in [0.3, 0.4) is 0 Å². The summed E-state index contributed by atoms with van der Waals surface area (Å²) in [6.45, 7) is 6.53. The van der Waals surface area contributed by atoms with E-state index in [-0.39, 0.29) is 32.5 Å². The Morgan fingerprint density at radius 2 is 1.49 bits per heavy atom. The van der Waals surface area contributed by atoms with Crippen molar-refractivity contribution in [2.24, 2.45) is 5.41 Å². The van der Waals surface area contributed by atoms with Crippen molar-refractivity contribution < 1.29 is 36.6 Å². The van der Waals surface area contributed by atoms with Gasteiger partial charge in [0.15, 0.2) is 0 Å². The van der Waals surface area contributed by atoms with Crippen molar-refractivity contribution in [2.75, 3.05) is 58.4 Å². The van der Waals surface area contributed by atoms with Gasteiger partial charge >= 0.3 is 6.09 Å². The van der Waals surface area contributed by atoms with Crippen LogP contribution in [0.2, 0.25) is 0 Å². The Kier molecular flexibility index (Phi) is 9.93. The molecule has 0 atom stereocenters. The van der Waals surface area contributed by atoms with Gasteiger partial charge in [-0.05, 0) is 87.8 Å². The van der Waals surface area contributed by atoms with Crippen LogP contribution in [-0.4, -0.2) is 75.6 Å². The van der Waals surface area contributed by atoms with Gasteiger partial charge in [-0.1, -0.05) is 6.07 Å². The normalized spacial score (nSPS) is 18.9. The molecule has 258 valence electrons. The minimum atomic E-state index is -3.77. The quantitative estimate of drug-likeness (QED) is 0.265. The summed E-state index contributed by atoms with van der Waals surface area (Å²) >= 11 is 0. The molecule has 0 radical (unpaired) electrons. The fourth-order valence-corrected chi connectivity index (χ4v) is 6.97. The number of carbonyl (C=O) groups excluding carboxylic acids is 2. The monoisotopic (exact) mass is 677 g/mol. The predicted octanol–water partition coefficient (Wildman–Crippen LogP) is 5.31. The van der Waals surface area contributed by atoms with Crippen LogP contribution < -0.4 is 25.2 Å². The summed E-state index contributed by atoms with van der Waals surface area (Å²) in [4.78, 5) is 30.1. The van der Waals surface area contributed by atoms with Crippen LogP contribution >= 0.6 is 0 Å². The molecule has 0 unspecified atom stereocenters. The highest BCUT2D eigenvalue weighted by Gasteiger charge is 2.44. The number of piperidine rings is 2. The van der Waals surface area contributed by atoms with Gasteiger partial charge in [-0.3, -0.25) is 9.52 Å². The van der Waals surface area contributed by atoms with Gasteiger partial charge < -0.3 is 30.3 Å². The smallest absolute Gasteiger partial charge is 0.407 e. The molecule has 11 nitrogen and oxygen atoms in total. The molecule has 0 aromatic heterocycles. The molecule has 1 spiro atoms. The number of halogens is 2. The second-order valence-electron chi connectivity index (χ2n) is 13.9. The maximum atomic E-state index is 14.0. The first-order valence-corrected chi connectivity index (χ1v) is 17.8. The fourth-order valence-electron chi connectivity index (χ4n) is 6.14. The van der Waals surface area contributed by atoms with Crippen LogP contribution in [0.1, 0.15) is 75.2 Å². The average Bonchev–Trinajstić information content (AvgIpc) is 3.74. The fraction of sp³-hybridized carbons (Fsp3) is 0.576. The summed E-state index contributed by atoms with van der Waals surface area (Å²) < 4.78 is 60.6. The van der Waals surface area contributed by atoms with Gasteiger partial charge in [-0.15, -0.1) is 0 Å². The summed E-state index contributed by atoms with van der Waals surface area (Å²) in [5.41, 5.74) is 2.69. The number of alkyl halides is 2. The van der Waals surface area contributed by atoms with E-state index < -0.39 is 45.9 Å². The van der Waals surface area contributed by atoms with Gasteiger partial charge in [0.05, 0.1) is 29.3 Å². The lowest BCUT2D eigenvalue weighted by atomic mass is 9.93. The number of hydrogen-bond acceptors (Lipinski definition) is 8. The molecular formula is C33H45F2N5O6S. The zero-order valence-electron chi connectivity index (χ0n) is 27.2. The largest absolute Gasteiger partial charge is 0.444 e. The average molecular weight is 678 g/mol. The molecule has 3 fully saturated rings. The van der Waals surface area contributed by atoms with Crippen molar-refractivity contribution in [1.82, 2.24) is 5.32 Å². The van der Waals surface area contributed by atoms with Crippen molar-refractivity contribution >= 4 is 44.8 Å². The Bertz CT molecular complexity index is 1570. The molecule has 2 saturated heterocycles. The Hall–Kier alpha value is -3.65. The van der Waals surface area contributed by atoms with E-state index in [4.69, 9.17) is 9.84 Å². The molecule has 2 amide bonds. The first-order valence-electron chi connectivity index (χ1n) is 16.1. The Morgan fingerprint density at radius 1 is 0.894 bits per heavy atom. The van der Waals surface area contributed by atoms with Crippen LogP contribution in [0.15, 0.2) is 36.4 Å². The van der Waals surface area contributed by atoms with Gasteiger partial charge in [0, 0.05) is 56.9 Å².